The Morgan fingerprint density at radius 1 is 1.14 bits per heavy atom. The number of nitrogens with one attached hydrogen (secondary N) is 2. The number of hydrogen-bond acceptors (Lipinski definition) is 5. The molecule has 0 radical (unpaired) electrons. The van der Waals surface area contributed by atoms with Gasteiger partial charge >= 0.3 is 0 Å². The predicted octanol–water partition coefficient (Wildman–Crippen LogP) is 3.90. The van der Waals surface area contributed by atoms with E-state index >= 15 is 0 Å². The molecule has 6 nitrogen and oxygen atoms in total. The fraction of sp³-hybridized carbons (Fsp3) is 0.500. The van der Waals surface area contributed by atoms with Crippen LogP contribution in [0.15, 0.2) is 30.3 Å². The highest BCUT2D eigenvalue weighted by molar-refractivity contribution is 5.92. The molecule has 0 aliphatic heterocycles. The van der Waals surface area contributed by atoms with E-state index in [2.05, 4.69) is 20.6 Å². The number of amides is 1. The van der Waals surface area contributed by atoms with Gasteiger partial charge in [0.1, 0.15) is 11.4 Å². The van der Waals surface area contributed by atoms with Crippen LogP contribution in [0.1, 0.15) is 60.3 Å². The summed E-state index contributed by atoms with van der Waals surface area (Å²) in [6.07, 6.45) is 8.04. The predicted molar refractivity (Wildman–Crippen MR) is 111 cm³/mol. The fourth-order valence-corrected chi connectivity index (χ4v) is 3.67. The Kier molecular flexibility index (Phi) is 7.23. The van der Waals surface area contributed by atoms with Crippen LogP contribution in [0.3, 0.4) is 0 Å². The normalized spacial score (nSPS) is 14.9. The van der Waals surface area contributed by atoms with E-state index in [1.165, 1.54) is 25.7 Å². The minimum Gasteiger partial charge on any atom is -0.496 e. The molecule has 0 spiro atoms. The van der Waals surface area contributed by atoms with Crippen LogP contribution < -0.4 is 15.4 Å². The summed E-state index contributed by atoms with van der Waals surface area (Å²) in [6.45, 7) is 2.42. The van der Waals surface area contributed by atoms with Crippen LogP contribution in [-0.4, -0.2) is 35.6 Å². The van der Waals surface area contributed by atoms with Gasteiger partial charge in [0.25, 0.3) is 5.91 Å². The standard InChI is InChI=1S/C22H30N4O2/c1-16-15-19(26-22(24-16)25-18-10-5-3-4-6-11-18)21(27)23-14-13-17-9-7-8-12-20(17)28-2/h7-9,12,15,18H,3-6,10-11,13-14H2,1-2H3,(H,23,27)(H,24,25,26). The van der Waals surface area contributed by atoms with Gasteiger partial charge in [-0.05, 0) is 43.9 Å². The van der Waals surface area contributed by atoms with Crippen LogP contribution in [0.4, 0.5) is 5.95 Å². The summed E-state index contributed by atoms with van der Waals surface area (Å²) in [4.78, 5) is 21.5. The summed E-state index contributed by atoms with van der Waals surface area (Å²) in [7, 11) is 1.66. The number of benzene rings is 1. The van der Waals surface area contributed by atoms with Crippen molar-refractivity contribution in [2.45, 2.75) is 57.9 Å². The molecule has 150 valence electrons. The number of carbonyl (C=O) groups is 1. The summed E-state index contributed by atoms with van der Waals surface area (Å²) in [5.74, 6) is 1.22. The van der Waals surface area contributed by atoms with Gasteiger partial charge in [-0.3, -0.25) is 4.79 Å². The van der Waals surface area contributed by atoms with Crippen molar-refractivity contribution in [2.75, 3.05) is 19.0 Å². The zero-order chi connectivity index (χ0) is 19.8. The van der Waals surface area contributed by atoms with Crippen molar-refractivity contribution in [1.82, 2.24) is 15.3 Å². The monoisotopic (exact) mass is 382 g/mol. The lowest BCUT2D eigenvalue weighted by molar-refractivity contribution is 0.0949. The van der Waals surface area contributed by atoms with E-state index in [0.717, 1.165) is 29.8 Å². The number of hydrogen-bond donors (Lipinski definition) is 2. The molecule has 28 heavy (non-hydrogen) atoms. The maximum atomic E-state index is 12.6. The topological polar surface area (TPSA) is 76.1 Å². The first-order chi connectivity index (χ1) is 13.7. The van der Waals surface area contributed by atoms with Gasteiger partial charge < -0.3 is 15.4 Å². The van der Waals surface area contributed by atoms with Crippen LogP contribution in [0, 0.1) is 6.92 Å². The first kappa shape index (κ1) is 20.1. The highest BCUT2D eigenvalue weighted by atomic mass is 16.5. The molecule has 1 amide bonds. The number of nitrogens with zero attached hydrogens (tertiary/aromatic N) is 2. The van der Waals surface area contributed by atoms with Crippen molar-refractivity contribution >= 4 is 11.9 Å². The van der Waals surface area contributed by atoms with E-state index in [0.29, 0.717) is 30.6 Å². The molecule has 0 unspecified atom stereocenters. The number of anilines is 1. The van der Waals surface area contributed by atoms with Crippen molar-refractivity contribution in [3.05, 3.63) is 47.3 Å². The maximum absolute atomic E-state index is 12.6. The summed E-state index contributed by atoms with van der Waals surface area (Å²) >= 11 is 0. The van der Waals surface area contributed by atoms with Crippen molar-refractivity contribution in [1.29, 1.82) is 0 Å². The molecule has 6 heteroatoms. The molecule has 1 aliphatic rings. The Hall–Kier alpha value is -2.63. The van der Waals surface area contributed by atoms with Crippen molar-refractivity contribution in [2.24, 2.45) is 0 Å². The molecule has 1 saturated carbocycles. The van der Waals surface area contributed by atoms with Gasteiger partial charge in [0.05, 0.1) is 7.11 Å². The third-order valence-electron chi connectivity index (χ3n) is 5.15. The minimum absolute atomic E-state index is 0.177. The van der Waals surface area contributed by atoms with Crippen molar-refractivity contribution in [3.8, 4) is 5.75 Å². The van der Waals surface area contributed by atoms with Crippen LogP contribution in [0.2, 0.25) is 0 Å². The van der Waals surface area contributed by atoms with Crippen molar-refractivity contribution < 1.29 is 9.53 Å². The average molecular weight is 383 g/mol. The van der Waals surface area contributed by atoms with Gasteiger partial charge in [0, 0.05) is 18.3 Å². The smallest absolute Gasteiger partial charge is 0.270 e. The molecule has 1 aromatic heterocycles. The number of rotatable bonds is 7. The molecule has 2 N–H and O–H groups in total. The van der Waals surface area contributed by atoms with E-state index < -0.39 is 0 Å². The lowest BCUT2D eigenvalue weighted by Crippen LogP contribution is -2.28. The highest BCUT2D eigenvalue weighted by Gasteiger charge is 2.15. The Morgan fingerprint density at radius 3 is 2.64 bits per heavy atom. The summed E-state index contributed by atoms with van der Waals surface area (Å²) in [5.41, 5.74) is 2.27. The van der Waals surface area contributed by atoms with Gasteiger partial charge in [-0.15, -0.1) is 0 Å². The van der Waals surface area contributed by atoms with Gasteiger partial charge in [-0.2, -0.15) is 0 Å². The van der Waals surface area contributed by atoms with E-state index in [1.807, 2.05) is 31.2 Å². The van der Waals surface area contributed by atoms with Crippen LogP contribution in [-0.2, 0) is 6.42 Å². The van der Waals surface area contributed by atoms with Gasteiger partial charge in [0.15, 0.2) is 0 Å². The third kappa shape index (κ3) is 5.68. The average Bonchev–Trinajstić information content (AvgIpc) is 2.96. The zero-order valence-electron chi connectivity index (χ0n) is 16.8. The second kappa shape index (κ2) is 10.1. The Balaban J connectivity index is 1.59. The molecule has 0 atom stereocenters. The van der Waals surface area contributed by atoms with Gasteiger partial charge in [-0.25, -0.2) is 9.97 Å². The third-order valence-corrected chi connectivity index (χ3v) is 5.15. The summed E-state index contributed by atoms with van der Waals surface area (Å²) in [5, 5.41) is 6.39. The number of para-hydroxylation sites is 1. The highest BCUT2D eigenvalue weighted by Crippen LogP contribution is 2.20. The van der Waals surface area contributed by atoms with Crippen LogP contribution in [0.5, 0.6) is 5.75 Å². The second-order valence-corrected chi connectivity index (χ2v) is 7.37. The number of carbonyl (C=O) groups excluding carboxylic acids is 1. The molecule has 0 bridgehead atoms. The number of ether oxygens (including phenoxy) is 1. The quantitative estimate of drug-likeness (QED) is 0.710. The molecule has 1 aromatic carbocycles. The summed E-state index contributed by atoms with van der Waals surface area (Å²) < 4.78 is 5.36. The minimum atomic E-state index is -0.177. The molecule has 1 heterocycles. The van der Waals surface area contributed by atoms with E-state index in [4.69, 9.17) is 4.74 Å². The first-order valence-corrected chi connectivity index (χ1v) is 10.2. The molecular formula is C22H30N4O2. The zero-order valence-corrected chi connectivity index (χ0v) is 16.8. The maximum Gasteiger partial charge on any atom is 0.270 e. The Bertz CT molecular complexity index is 786. The van der Waals surface area contributed by atoms with Gasteiger partial charge in [0.2, 0.25) is 5.95 Å². The van der Waals surface area contributed by atoms with Crippen molar-refractivity contribution in [3.63, 3.8) is 0 Å². The molecule has 1 aliphatic carbocycles. The largest absolute Gasteiger partial charge is 0.496 e. The number of methoxy groups -OCH3 is 1. The fourth-order valence-electron chi connectivity index (χ4n) is 3.67. The SMILES string of the molecule is COc1ccccc1CCNC(=O)c1cc(C)nc(NC2CCCCCC2)n1. The van der Waals surface area contributed by atoms with E-state index in [9.17, 15) is 4.79 Å². The molecular weight excluding hydrogens is 352 g/mol. The molecule has 2 aromatic rings. The lowest BCUT2D eigenvalue weighted by Gasteiger charge is -2.17. The molecule has 3 rings (SSSR count). The second-order valence-electron chi connectivity index (χ2n) is 7.37. The van der Waals surface area contributed by atoms with Crippen LogP contribution in [0.25, 0.3) is 0 Å². The summed E-state index contributed by atoms with van der Waals surface area (Å²) in [6, 6.07) is 9.97. The molecule has 0 saturated heterocycles. The van der Waals surface area contributed by atoms with Crippen LogP contribution >= 0.6 is 0 Å². The van der Waals surface area contributed by atoms with Gasteiger partial charge in [-0.1, -0.05) is 43.9 Å². The molecule has 1 fully saturated rings. The Morgan fingerprint density at radius 2 is 1.89 bits per heavy atom. The van der Waals surface area contributed by atoms with E-state index in [1.54, 1.807) is 13.2 Å². The number of aryl methyl sites for hydroxylation is 1. The first-order valence-electron chi connectivity index (χ1n) is 10.2. The number of aromatic nitrogens is 2. The van der Waals surface area contributed by atoms with E-state index in [-0.39, 0.29) is 5.91 Å². The lowest BCUT2D eigenvalue weighted by atomic mass is 10.1. The Labute approximate surface area is 167 Å².